The average Bonchev–Trinajstić information content (AvgIpc) is 2.46. The molecule has 0 fully saturated rings. The monoisotopic (exact) mass is 281 g/mol. The lowest BCUT2D eigenvalue weighted by Crippen LogP contribution is -2.04. The van der Waals surface area contributed by atoms with E-state index >= 15 is 0 Å². The van der Waals surface area contributed by atoms with Crippen molar-refractivity contribution in [3.05, 3.63) is 68.8 Å². The van der Waals surface area contributed by atoms with Crippen LogP contribution in [0.4, 0.5) is 11.4 Å². The van der Waals surface area contributed by atoms with Crippen molar-refractivity contribution in [3.63, 3.8) is 0 Å². The van der Waals surface area contributed by atoms with Gasteiger partial charge in [0.05, 0.1) is 16.6 Å². The fraction of sp³-hybridized carbons (Fsp3) is 0.188. The van der Waals surface area contributed by atoms with Gasteiger partial charge in [0, 0.05) is 23.9 Å². The van der Waals surface area contributed by atoms with E-state index in [9.17, 15) is 10.1 Å². The third kappa shape index (κ3) is 3.18. The van der Waals surface area contributed by atoms with E-state index in [1.165, 1.54) is 0 Å². The van der Waals surface area contributed by atoms with Gasteiger partial charge in [0.15, 0.2) is 0 Å². The van der Waals surface area contributed by atoms with Crippen LogP contribution in [-0.4, -0.2) is 4.92 Å². The van der Waals surface area contributed by atoms with Crippen LogP contribution in [0.5, 0.6) is 0 Å². The summed E-state index contributed by atoms with van der Waals surface area (Å²) < 4.78 is 0. The molecule has 0 heterocycles. The lowest BCUT2D eigenvalue weighted by molar-refractivity contribution is -0.385. The zero-order valence-electron chi connectivity index (χ0n) is 11.9. The van der Waals surface area contributed by atoms with E-state index in [4.69, 9.17) is 5.26 Å². The van der Waals surface area contributed by atoms with Crippen molar-refractivity contribution in [3.8, 4) is 6.07 Å². The molecule has 0 aliphatic heterocycles. The van der Waals surface area contributed by atoms with E-state index in [1.807, 2.05) is 25.1 Å². The highest BCUT2D eigenvalue weighted by atomic mass is 16.6. The number of aryl methyl sites for hydroxylation is 2. The number of anilines is 1. The second kappa shape index (κ2) is 6.06. The molecule has 5 heteroatoms. The van der Waals surface area contributed by atoms with Gasteiger partial charge in [-0.2, -0.15) is 5.26 Å². The summed E-state index contributed by atoms with van der Waals surface area (Å²) in [6.07, 6.45) is 0. The molecule has 0 unspecified atom stereocenters. The number of rotatable bonds is 4. The minimum atomic E-state index is -0.386. The predicted octanol–water partition coefficient (Wildman–Crippen LogP) is 3.70. The molecule has 2 aromatic rings. The largest absolute Gasteiger partial charge is 0.381 e. The average molecular weight is 281 g/mol. The van der Waals surface area contributed by atoms with Crippen LogP contribution in [0.25, 0.3) is 0 Å². The molecule has 106 valence electrons. The fourth-order valence-electron chi connectivity index (χ4n) is 2.20. The molecule has 21 heavy (non-hydrogen) atoms. The number of nitro benzene ring substituents is 1. The second-order valence-electron chi connectivity index (χ2n) is 4.83. The first-order chi connectivity index (χ1) is 10.0. The van der Waals surface area contributed by atoms with Gasteiger partial charge in [-0.05, 0) is 37.1 Å². The number of nitriles is 1. The normalized spacial score (nSPS) is 9.95. The van der Waals surface area contributed by atoms with Crippen molar-refractivity contribution < 1.29 is 4.92 Å². The Kier molecular flexibility index (Phi) is 4.19. The van der Waals surface area contributed by atoms with Crippen molar-refractivity contribution in [2.24, 2.45) is 0 Å². The molecule has 0 radical (unpaired) electrons. The number of nitrogens with one attached hydrogen (secondary N) is 1. The molecule has 0 aromatic heterocycles. The van der Waals surface area contributed by atoms with Crippen LogP contribution in [0.2, 0.25) is 0 Å². The number of nitro groups is 1. The second-order valence-corrected chi connectivity index (χ2v) is 4.83. The zero-order valence-corrected chi connectivity index (χ0v) is 11.9. The Bertz CT molecular complexity index is 733. The summed E-state index contributed by atoms with van der Waals surface area (Å²) in [4.78, 5) is 10.6. The van der Waals surface area contributed by atoms with Crippen LogP contribution in [0.15, 0.2) is 36.4 Å². The van der Waals surface area contributed by atoms with E-state index in [2.05, 4.69) is 11.4 Å². The van der Waals surface area contributed by atoms with Gasteiger partial charge in [-0.3, -0.25) is 10.1 Å². The molecule has 2 rings (SSSR count). The maximum atomic E-state index is 11.0. The Labute approximate surface area is 123 Å². The van der Waals surface area contributed by atoms with Crippen molar-refractivity contribution in [2.75, 3.05) is 5.32 Å². The van der Waals surface area contributed by atoms with Crippen molar-refractivity contribution in [1.82, 2.24) is 0 Å². The van der Waals surface area contributed by atoms with Gasteiger partial charge in [-0.25, -0.2) is 0 Å². The molecule has 0 atom stereocenters. The fourth-order valence-corrected chi connectivity index (χ4v) is 2.20. The summed E-state index contributed by atoms with van der Waals surface area (Å²) in [5, 5.41) is 23.2. The predicted molar refractivity (Wildman–Crippen MR) is 81.1 cm³/mol. The molecule has 0 spiro atoms. The summed E-state index contributed by atoms with van der Waals surface area (Å²) in [5.41, 5.74) is 3.84. The molecule has 0 aliphatic carbocycles. The standard InChI is InChI=1S/C16H15N3O2/c1-11-7-12(2)16(19(20)21)8-15(11)18-10-14-6-4-3-5-13(14)9-17/h3-8,18H,10H2,1-2H3. The first-order valence-electron chi connectivity index (χ1n) is 6.50. The summed E-state index contributed by atoms with van der Waals surface area (Å²) >= 11 is 0. The molecule has 1 N–H and O–H groups in total. The topological polar surface area (TPSA) is 79.0 Å². The Hall–Kier alpha value is -2.87. The molecular weight excluding hydrogens is 266 g/mol. The minimum absolute atomic E-state index is 0.0941. The number of hydrogen-bond acceptors (Lipinski definition) is 4. The molecule has 0 aliphatic rings. The number of hydrogen-bond donors (Lipinski definition) is 1. The first kappa shape index (κ1) is 14.5. The first-order valence-corrected chi connectivity index (χ1v) is 6.50. The third-order valence-corrected chi connectivity index (χ3v) is 3.35. The lowest BCUT2D eigenvalue weighted by Gasteiger charge is -2.11. The molecule has 0 amide bonds. The molecule has 0 bridgehead atoms. The number of benzene rings is 2. The van der Waals surface area contributed by atoms with Gasteiger partial charge in [-0.15, -0.1) is 0 Å². The van der Waals surface area contributed by atoms with Crippen LogP contribution in [0.1, 0.15) is 22.3 Å². The Morgan fingerprint density at radius 3 is 2.62 bits per heavy atom. The van der Waals surface area contributed by atoms with E-state index in [0.717, 1.165) is 11.1 Å². The maximum absolute atomic E-state index is 11.0. The van der Waals surface area contributed by atoms with Crippen LogP contribution >= 0.6 is 0 Å². The van der Waals surface area contributed by atoms with Crippen LogP contribution in [0.3, 0.4) is 0 Å². The molecule has 0 saturated heterocycles. The number of nitrogens with zero attached hydrogens (tertiary/aromatic N) is 2. The Morgan fingerprint density at radius 1 is 1.24 bits per heavy atom. The molecule has 5 nitrogen and oxygen atoms in total. The summed E-state index contributed by atoms with van der Waals surface area (Å²) in [6, 6.07) is 12.8. The van der Waals surface area contributed by atoms with Crippen LogP contribution in [0, 0.1) is 35.3 Å². The highest BCUT2D eigenvalue weighted by Crippen LogP contribution is 2.26. The SMILES string of the molecule is Cc1cc(C)c([N+](=O)[O-])cc1NCc1ccccc1C#N. The van der Waals surface area contributed by atoms with Gasteiger partial charge >= 0.3 is 0 Å². The third-order valence-electron chi connectivity index (χ3n) is 3.35. The van der Waals surface area contributed by atoms with Crippen LogP contribution < -0.4 is 5.32 Å². The summed E-state index contributed by atoms with van der Waals surface area (Å²) in [7, 11) is 0. The van der Waals surface area contributed by atoms with Crippen LogP contribution in [-0.2, 0) is 6.54 Å². The minimum Gasteiger partial charge on any atom is -0.381 e. The van der Waals surface area contributed by atoms with Crippen molar-refractivity contribution >= 4 is 11.4 Å². The van der Waals surface area contributed by atoms with Gasteiger partial charge in [0.1, 0.15) is 0 Å². The highest BCUT2D eigenvalue weighted by Gasteiger charge is 2.13. The Balaban J connectivity index is 2.26. The Morgan fingerprint density at radius 2 is 1.95 bits per heavy atom. The summed E-state index contributed by atoms with van der Waals surface area (Å²) in [6.45, 7) is 4.07. The molecule has 0 saturated carbocycles. The van der Waals surface area contributed by atoms with Gasteiger partial charge in [-0.1, -0.05) is 18.2 Å². The van der Waals surface area contributed by atoms with Crippen molar-refractivity contribution in [1.29, 1.82) is 5.26 Å². The van der Waals surface area contributed by atoms with E-state index in [-0.39, 0.29) is 10.6 Å². The summed E-state index contributed by atoms with van der Waals surface area (Å²) in [5.74, 6) is 0. The maximum Gasteiger partial charge on any atom is 0.274 e. The van der Waals surface area contributed by atoms with Gasteiger partial charge < -0.3 is 5.32 Å². The van der Waals surface area contributed by atoms with Crippen molar-refractivity contribution in [2.45, 2.75) is 20.4 Å². The van der Waals surface area contributed by atoms with E-state index in [1.54, 1.807) is 25.1 Å². The zero-order chi connectivity index (χ0) is 15.4. The molecular formula is C16H15N3O2. The smallest absolute Gasteiger partial charge is 0.274 e. The van der Waals surface area contributed by atoms with Gasteiger partial charge in [0.2, 0.25) is 0 Å². The molecule has 2 aromatic carbocycles. The highest BCUT2D eigenvalue weighted by molar-refractivity contribution is 5.60. The lowest BCUT2D eigenvalue weighted by atomic mass is 10.1. The van der Waals surface area contributed by atoms with Gasteiger partial charge in [0.25, 0.3) is 5.69 Å². The van der Waals surface area contributed by atoms with E-state index < -0.39 is 0 Å². The quantitative estimate of drug-likeness (QED) is 0.684. The van der Waals surface area contributed by atoms with E-state index in [0.29, 0.717) is 23.4 Å².